The maximum atomic E-state index is 11.0. The number of rotatable bonds is 2. The van der Waals surface area contributed by atoms with Crippen molar-refractivity contribution in [2.75, 3.05) is 6.26 Å². The van der Waals surface area contributed by atoms with Crippen LogP contribution in [0.2, 0.25) is 0 Å². The number of sulfonamides is 1. The van der Waals surface area contributed by atoms with Crippen molar-refractivity contribution >= 4 is 10.0 Å². The van der Waals surface area contributed by atoms with Crippen molar-refractivity contribution in [3.63, 3.8) is 0 Å². The SMILES string of the molecule is CC1CCC(NS(C)(=O)=O)C(C)N1. The van der Waals surface area contributed by atoms with E-state index in [1.165, 1.54) is 6.26 Å². The molecule has 0 aromatic heterocycles. The monoisotopic (exact) mass is 206 g/mol. The predicted molar refractivity (Wildman–Crippen MR) is 53.1 cm³/mol. The van der Waals surface area contributed by atoms with E-state index in [1.807, 2.05) is 6.92 Å². The van der Waals surface area contributed by atoms with E-state index >= 15 is 0 Å². The first-order chi connectivity index (χ1) is 5.88. The van der Waals surface area contributed by atoms with Crippen LogP contribution in [0.5, 0.6) is 0 Å². The highest BCUT2D eigenvalue weighted by Crippen LogP contribution is 2.13. The minimum Gasteiger partial charge on any atom is -0.310 e. The molecule has 0 aromatic carbocycles. The summed E-state index contributed by atoms with van der Waals surface area (Å²) in [5.41, 5.74) is 0. The third-order valence-electron chi connectivity index (χ3n) is 2.43. The summed E-state index contributed by atoms with van der Waals surface area (Å²) in [4.78, 5) is 0. The summed E-state index contributed by atoms with van der Waals surface area (Å²) in [5, 5.41) is 3.32. The molecule has 1 saturated heterocycles. The van der Waals surface area contributed by atoms with Gasteiger partial charge in [0.2, 0.25) is 10.0 Å². The van der Waals surface area contributed by atoms with Gasteiger partial charge in [-0.25, -0.2) is 13.1 Å². The van der Waals surface area contributed by atoms with Crippen LogP contribution >= 0.6 is 0 Å². The van der Waals surface area contributed by atoms with Crippen LogP contribution < -0.4 is 10.0 Å². The molecule has 0 radical (unpaired) electrons. The van der Waals surface area contributed by atoms with Gasteiger partial charge in [0, 0.05) is 18.1 Å². The number of hydrogen-bond donors (Lipinski definition) is 2. The van der Waals surface area contributed by atoms with Gasteiger partial charge < -0.3 is 5.32 Å². The fourth-order valence-corrected chi connectivity index (χ4v) is 2.64. The first kappa shape index (κ1) is 10.9. The van der Waals surface area contributed by atoms with Gasteiger partial charge in [-0.1, -0.05) is 0 Å². The lowest BCUT2D eigenvalue weighted by Gasteiger charge is -2.33. The van der Waals surface area contributed by atoms with E-state index in [9.17, 15) is 8.42 Å². The molecule has 3 atom stereocenters. The molecule has 0 aliphatic carbocycles. The van der Waals surface area contributed by atoms with E-state index in [2.05, 4.69) is 17.0 Å². The molecule has 1 heterocycles. The Labute approximate surface area is 80.1 Å². The van der Waals surface area contributed by atoms with Gasteiger partial charge in [-0.2, -0.15) is 0 Å². The van der Waals surface area contributed by atoms with Crippen molar-refractivity contribution in [1.82, 2.24) is 10.0 Å². The van der Waals surface area contributed by atoms with Crippen LogP contribution in [-0.4, -0.2) is 32.8 Å². The summed E-state index contributed by atoms with van der Waals surface area (Å²) < 4.78 is 24.6. The molecule has 4 nitrogen and oxygen atoms in total. The molecule has 1 aliphatic rings. The molecule has 1 fully saturated rings. The molecule has 0 bridgehead atoms. The van der Waals surface area contributed by atoms with Crippen LogP contribution in [0, 0.1) is 0 Å². The summed E-state index contributed by atoms with van der Waals surface area (Å²) in [6, 6.07) is 0.761. The second kappa shape index (κ2) is 3.94. The Kier molecular flexibility index (Phi) is 3.32. The normalized spacial score (nSPS) is 36.1. The lowest BCUT2D eigenvalue weighted by atomic mass is 9.96. The zero-order valence-electron chi connectivity index (χ0n) is 8.37. The first-order valence-corrected chi connectivity index (χ1v) is 6.51. The smallest absolute Gasteiger partial charge is 0.209 e. The van der Waals surface area contributed by atoms with Crippen molar-refractivity contribution in [2.45, 2.75) is 44.8 Å². The molecule has 1 rings (SSSR count). The van der Waals surface area contributed by atoms with E-state index in [0.29, 0.717) is 6.04 Å². The second-order valence-corrected chi connectivity index (χ2v) is 5.71. The summed E-state index contributed by atoms with van der Waals surface area (Å²) in [6.07, 6.45) is 3.15. The molecule has 13 heavy (non-hydrogen) atoms. The largest absolute Gasteiger partial charge is 0.310 e. The minimum absolute atomic E-state index is 0.0474. The second-order valence-electron chi connectivity index (χ2n) is 3.93. The van der Waals surface area contributed by atoms with E-state index in [4.69, 9.17) is 0 Å². The fourth-order valence-electron chi connectivity index (χ4n) is 1.76. The molecular weight excluding hydrogens is 188 g/mol. The molecule has 1 aliphatic heterocycles. The van der Waals surface area contributed by atoms with Gasteiger partial charge in [-0.15, -0.1) is 0 Å². The minimum atomic E-state index is -3.06. The zero-order chi connectivity index (χ0) is 10.1. The topological polar surface area (TPSA) is 58.2 Å². The molecule has 3 unspecified atom stereocenters. The highest BCUT2D eigenvalue weighted by molar-refractivity contribution is 7.88. The van der Waals surface area contributed by atoms with Crippen LogP contribution in [0.15, 0.2) is 0 Å². The van der Waals surface area contributed by atoms with Crippen LogP contribution in [0.25, 0.3) is 0 Å². The van der Waals surface area contributed by atoms with Crippen LogP contribution in [-0.2, 0) is 10.0 Å². The van der Waals surface area contributed by atoms with Crippen molar-refractivity contribution in [3.8, 4) is 0 Å². The lowest BCUT2D eigenvalue weighted by Crippen LogP contribution is -2.54. The Balaban J connectivity index is 2.52. The Bertz CT molecular complexity index is 263. The quantitative estimate of drug-likeness (QED) is 0.672. The van der Waals surface area contributed by atoms with Gasteiger partial charge >= 0.3 is 0 Å². The molecular formula is C8H18N2O2S. The highest BCUT2D eigenvalue weighted by atomic mass is 32.2. The van der Waals surface area contributed by atoms with Gasteiger partial charge in [-0.3, -0.25) is 0 Å². The Morgan fingerprint density at radius 2 is 1.92 bits per heavy atom. The highest BCUT2D eigenvalue weighted by Gasteiger charge is 2.26. The first-order valence-electron chi connectivity index (χ1n) is 4.62. The average Bonchev–Trinajstić information content (AvgIpc) is 1.93. The van der Waals surface area contributed by atoms with Crippen molar-refractivity contribution < 1.29 is 8.42 Å². The fraction of sp³-hybridized carbons (Fsp3) is 1.00. The number of nitrogens with one attached hydrogen (secondary N) is 2. The lowest BCUT2D eigenvalue weighted by molar-refractivity contribution is 0.297. The molecule has 0 spiro atoms. The van der Waals surface area contributed by atoms with Gasteiger partial charge in [0.1, 0.15) is 0 Å². The summed E-state index contributed by atoms with van der Waals surface area (Å²) in [6.45, 7) is 4.13. The van der Waals surface area contributed by atoms with Crippen molar-refractivity contribution in [2.24, 2.45) is 0 Å². The van der Waals surface area contributed by atoms with Crippen LogP contribution in [0.4, 0.5) is 0 Å². The van der Waals surface area contributed by atoms with Crippen molar-refractivity contribution in [1.29, 1.82) is 0 Å². The third kappa shape index (κ3) is 3.62. The van der Waals surface area contributed by atoms with E-state index in [-0.39, 0.29) is 12.1 Å². The van der Waals surface area contributed by atoms with Crippen LogP contribution in [0.3, 0.4) is 0 Å². The van der Waals surface area contributed by atoms with E-state index in [1.54, 1.807) is 0 Å². The maximum absolute atomic E-state index is 11.0. The summed E-state index contributed by atoms with van der Waals surface area (Å²) in [7, 11) is -3.06. The molecule has 78 valence electrons. The molecule has 0 saturated carbocycles. The standard InChI is InChI=1S/C8H18N2O2S/c1-6-4-5-8(7(2)9-6)10-13(3,11)12/h6-10H,4-5H2,1-3H3. The molecule has 0 aromatic rings. The average molecular weight is 206 g/mol. The zero-order valence-corrected chi connectivity index (χ0v) is 9.19. The number of hydrogen-bond acceptors (Lipinski definition) is 3. The Morgan fingerprint density at radius 3 is 2.38 bits per heavy atom. The molecule has 0 amide bonds. The summed E-state index contributed by atoms with van der Waals surface area (Å²) >= 11 is 0. The van der Waals surface area contributed by atoms with Gasteiger partial charge in [0.15, 0.2) is 0 Å². The van der Waals surface area contributed by atoms with Crippen molar-refractivity contribution in [3.05, 3.63) is 0 Å². The van der Waals surface area contributed by atoms with E-state index in [0.717, 1.165) is 12.8 Å². The predicted octanol–water partition coefficient (Wildman–Crippen LogP) is 0.0646. The van der Waals surface area contributed by atoms with Gasteiger partial charge in [0.05, 0.1) is 6.26 Å². The Morgan fingerprint density at radius 1 is 1.31 bits per heavy atom. The third-order valence-corrected chi connectivity index (χ3v) is 3.16. The van der Waals surface area contributed by atoms with Gasteiger partial charge in [-0.05, 0) is 26.7 Å². The number of piperidine rings is 1. The molecule has 5 heteroatoms. The van der Waals surface area contributed by atoms with Gasteiger partial charge in [0.25, 0.3) is 0 Å². The van der Waals surface area contributed by atoms with E-state index < -0.39 is 10.0 Å². The maximum Gasteiger partial charge on any atom is 0.209 e. The van der Waals surface area contributed by atoms with Crippen LogP contribution in [0.1, 0.15) is 26.7 Å². The Hall–Kier alpha value is -0.130. The summed E-state index contributed by atoms with van der Waals surface area (Å²) in [5.74, 6) is 0. The molecule has 2 N–H and O–H groups in total.